The van der Waals surface area contributed by atoms with Crippen molar-refractivity contribution >= 4 is 22.9 Å². The van der Waals surface area contributed by atoms with E-state index in [4.69, 9.17) is 11.6 Å². The van der Waals surface area contributed by atoms with Gasteiger partial charge in [-0.05, 0) is 18.6 Å². The van der Waals surface area contributed by atoms with Gasteiger partial charge in [0.2, 0.25) is 0 Å². The first-order valence-corrected chi connectivity index (χ1v) is 7.00. The number of halogens is 1. The van der Waals surface area contributed by atoms with Gasteiger partial charge in [0.05, 0.1) is 11.7 Å². The minimum absolute atomic E-state index is 0.0202. The number of aryl methyl sites for hydroxylation is 1. The number of aromatic nitrogens is 3. The van der Waals surface area contributed by atoms with E-state index < -0.39 is 0 Å². The van der Waals surface area contributed by atoms with Crippen LogP contribution in [-0.2, 0) is 0 Å². The Morgan fingerprint density at radius 3 is 2.85 bits per heavy atom. The number of nitrogens with zero attached hydrogens (tertiary/aromatic N) is 3. The van der Waals surface area contributed by atoms with Crippen molar-refractivity contribution in [3.63, 3.8) is 0 Å². The van der Waals surface area contributed by atoms with Gasteiger partial charge in [-0.1, -0.05) is 30.3 Å². The molecule has 0 aliphatic rings. The molecule has 3 aromatic rings. The van der Waals surface area contributed by atoms with E-state index in [2.05, 4.69) is 27.5 Å². The molecule has 0 radical (unpaired) electrons. The van der Waals surface area contributed by atoms with Crippen molar-refractivity contribution in [3.05, 3.63) is 60.0 Å². The predicted octanol–water partition coefficient (Wildman–Crippen LogP) is 3.43. The van der Waals surface area contributed by atoms with Crippen molar-refractivity contribution in [2.75, 3.05) is 11.2 Å². The molecule has 2 heterocycles. The van der Waals surface area contributed by atoms with Gasteiger partial charge in [0.1, 0.15) is 5.52 Å². The number of fused-ring (bicyclic) bond motifs is 1. The van der Waals surface area contributed by atoms with Crippen LogP contribution in [0.25, 0.3) is 5.52 Å². The van der Waals surface area contributed by atoms with E-state index in [1.54, 1.807) is 6.20 Å². The van der Waals surface area contributed by atoms with Crippen molar-refractivity contribution in [3.8, 4) is 0 Å². The molecule has 2 aromatic heterocycles. The maximum atomic E-state index is 6.10. The average molecular weight is 287 g/mol. The minimum Gasteiger partial charge on any atom is -0.360 e. The first kappa shape index (κ1) is 12.9. The van der Waals surface area contributed by atoms with Crippen LogP contribution in [0.2, 0.25) is 0 Å². The third-order valence-electron chi connectivity index (χ3n) is 3.18. The molecule has 0 saturated heterocycles. The fourth-order valence-corrected chi connectivity index (χ4v) is 2.47. The minimum atomic E-state index is 0.0202. The van der Waals surface area contributed by atoms with Crippen molar-refractivity contribution in [2.45, 2.75) is 13.0 Å². The monoisotopic (exact) mass is 286 g/mol. The number of nitrogens with one attached hydrogen (secondary N) is 1. The van der Waals surface area contributed by atoms with Crippen LogP contribution in [0.5, 0.6) is 0 Å². The van der Waals surface area contributed by atoms with E-state index >= 15 is 0 Å². The molecule has 0 bridgehead atoms. The number of rotatable bonds is 4. The summed E-state index contributed by atoms with van der Waals surface area (Å²) >= 11 is 6.10. The van der Waals surface area contributed by atoms with Crippen LogP contribution < -0.4 is 5.32 Å². The second kappa shape index (κ2) is 5.51. The summed E-state index contributed by atoms with van der Waals surface area (Å²) in [6, 6.07) is 12.1. The van der Waals surface area contributed by atoms with Gasteiger partial charge in [-0.3, -0.25) is 0 Å². The summed E-state index contributed by atoms with van der Waals surface area (Å²) in [5.74, 6) is 1.27. The normalized spacial score (nSPS) is 12.5. The van der Waals surface area contributed by atoms with E-state index in [1.807, 2.05) is 41.9 Å². The molecule has 1 atom stereocenters. The molecule has 0 fully saturated rings. The van der Waals surface area contributed by atoms with Crippen LogP contribution in [0, 0.1) is 6.92 Å². The van der Waals surface area contributed by atoms with Crippen LogP contribution in [-0.4, -0.2) is 20.5 Å². The zero-order chi connectivity index (χ0) is 13.9. The quantitative estimate of drug-likeness (QED) is 0.747. The summed E-state index contributed by atoms with van der Waals surface area (Å²) in [5, 5.41) is 7.78. The molecule has 0 saturated carbocycles. The molecule has 0 spiro atoms. The lowest BCUT2D eigenvalue weighted by molar-refractivity contribution is 0.871. The number of anilines is 1. The summed E-state index contributed by atoms with van der Waals surface area (Å²) in [5.41, 5.74) is 3.06. The molecular weight excluding hydrogens is 272 g/mol. The summed E-state index contributed by atoms with van der Waals surface area (Å²) in [6.07, 6.45) is 3.57. The average Bonchev–Trinajstić information content (AvgIpc) is 2.86. The Morgan fingerprint density at radius 2 is 2.10 bits per heavy atom. The highest BCUT2D eigenvalue weighted by atomic mass is 35.5. The van der Waals surface area contributed by atoms with Crippen molar-refractivity contribution < 1.29 is 0 Å². The molecule has 0 aliphatic carbocycles. The summed E-state index contributed by atoms with van der Waals surface area (Å²) in [6.45, 7) is 1.97. The van der Waals surface area contributed by atoms with Gasteiger partial charge >= 0.3 is 0 Å². The molecule has 102 valence electrons. The lowest BCUT2D eigenvalue weighted by Gasteiger charge is -2.17. The highest BCUT2D eigenvalue weighted by molar-refractivity contribution is 6.18. The van der Waals surface area contributed by atoms with E-state index in [0.717, 1.165) is 22.6 Å². The van der Waals surface area contributed by atoms with Gasteiger partial charge in [-0.15, -0.1) is 11.6 Å². The number of alkyl halides is 1. The highest BCUT2D eigenvalue weighted by Gasteiger charge is 2.13. The van der Waals surface area contributed by atoms with Gasteiger partial charge < -0.3 is 5.32 Å². The fourth-order valence-electron chi connectivity index (χ4n) is 2.22. The van der Waals surface area contributed by atoms with Gasteiger partial charge in [0.15, 0.2) is 5.82 Å². The van der Waals surface area contributed by atoms with Crippen LogP contribution in [0.1, 0.15) is 17.3 Å². The van der Waals surface area contributed by atoms with Crippen LogP contribution in [0.4, 0.5) is 5.82 Å². The lowest BCUT2D eigenvalue weighted by Crippen LogP contribution is -2.14. The van der Waals surface area contributed by atoms with Crippen LogP contribution in [0.15, 0.2) is 48.8 Å². The Kier molecular flexibility index (Phi) is 3.56. The van der Waals surface area contributed by atoms with E-state index in [1.165, 1.54) is 0 Å². The van der Waals surface area contributed by atoms with Gasteiger partial charge in [0, 0.05) is 18.3 Å². The second-order valence-electron chi connectivity index (χ2n) is 4.65. The van der Waals surface area contributed by atoms with Gasteiger partial charge in [-0.25, -0.2) is 9.50 Å². The first-order valence-electron chi connectivity index (χ1n) is 6.46. The Balaban J connectivity index is 1.95. The second-order valence-corrected chi connectivity index (χ2v) is 4.96. The molecule has 1 unspecified atom stereocenters. The lowest BCUT2D eigenvalue weighted by atomic mass is 10.1. The molecule has 1 aromatic carbocycles. The van der Waals surface area contributed by atoms with Gasteiger partial charge in [0.25, 0.3) is 0 Å². The van der Waals surface area contributed by atoms with E-state index in [-0.39, 0.29) is 6.04 Å². The Bertz CT molecular complexity index is 708. The number of hydrogen-bond donors (Lipinski definition) is 1. The van der Waals surface area contributed by atoms with E-state index in [0.29, 0.717) is 5.88 Å². The zero-order valence-electron chi connectivity index (χ0n) is 11.1. The molecule has 5 heteroatoms. The topological polar surface area (TPSA) is 42.2 Å². The Hall–Kier alpha value is -2.07. The molecule has 4 nitrogen and oxygen atoms in total. The highest BCUT2D eigenvalue weighted by Crippen LogP contribution is 2.22. The molecule has 0 aliphatic heterocycles. The summed E-state index contributed by atoms with van der Waals surface area (Å²) < 4.78 is 1.82. The molecule has 20 heavy (non-hydrogen) atoms. The summed E-state index contributed by atoms with van der Waals surface area (Å²) in [7, 11) is 0. The SMILES string of the molecule is Cc1cc2c(NC(CCl)c3ccccc3)nccn2n1. The third kappa shape index (κ3) is 2.47. The fraction of sp³-hybridized carbons (Fsp3) is 0.200. The van der Waals surface area contributed by atoms with Crippen LogP contribution >= 0.6 is 11.6 Å². The molecule has 0 amide bonds. The number of benzene rings is 1. The van der Waals surface area contributed by atoms with Crippen LogP contribution in [0.3, 0.4) is 0 Å². The molecular formula is C15H15ClN4. The molecule has 3 rings (SSSR count). The maximum Gasteiger partial charge on any atom is 0.152 e. The largest absolute Gasteiger partial charge is 0.360 e. The standard InChI is InChI=1S/C15H15ClN4/c1-11-9-14-15(17-7-8-20(14)19-11)18-13(10-16)12-5-3-2-4-6-12/h2-9,13H,10H2,1H3,(H,17,18). The third-order valence-corrected chi connectivity index (χ3v) is 3.49. The van der Waals surface area contributed by atoms with Crippen molar-refractivity contribution in [1.82, 2.24) is 14.6 Å². The van der Waals surface area contributed by atoms with E-state index in [9.17, 15) is 0 Å². The van der Waals surface area contributed by atoms with Crippen molar-refractivity contribution in [2.24, 2.45) is 0 Å². The van der Waals surface area contributed by atoms with Crippen molar-refractivity contribution in [1.29, 1.82) is 0 Å². The summed E-state index contributed by atoms with van der Waals surface area (Å²) in [4.78, 5) is 4.40. The Labute approximate surface area is 122 Å². The van der Waals surface area contributed by atoms with Gasteiger partial charge in [-0.2, -0.15) is 5.10 Å². The molecule has 1 N–H and O–H groups in total. The zero-order valence-corrected chi connectivity index (χ0v) is 11.9. The predicted molar refractivity (Wildman–Crippen MR) is 81.2 cm³/mol. The number of hydrogen-bond acceptors (Lipinski definition) is 3. The first-order chi connectivity index (χ1) is 9.78. The smallest absolute Gasteiger partial charge is 0.152 e. The Morgan fingerprint density at radius 1 is 1.30 bits per heavy atom. The maximum absolute atomic E-state index is 6.10.